The molecule has 2 heterocycles. The number of likely N-dealkylation sites (tertiary alicyclic amines) is 1. The van der Waals surface area contributed by atoms with Crippen molar-refractivity contribution < 1.29 is 19.1 Å². The lowest BCUT2D eigenvalue weighted by Crippen LogP contribution is -2.57. The molecular formula is C24H33FN4O3S. The molecule has 7 nitrogen and oxygen atoms in total. The highest BCUT2D eigenvalue weighted by molar-refractivity contribution is 7.13. The zero-order valence-electron chi connectivity index (χ0n) is 19.9. The molecule has 1 aromatic heterocycles. The van der Waals surface area contributed by atoms with Gasteiger partial charge in [-0.3, -0.25) is 9.59 Å². The molecule has 5 atom stereocenters. The van der Waals surface area contributed by atoms with Gasteiger partial charge in [-0.25, -0.2) is 9.37 Å². The summed E-state index contributed by atoms with van der Waals surface area (Å²) in [7, 11) is 1.65. The Bertz CT molecular complexity index is 988. The summed E-state index contributed by atoms with van der Waals surface area (Å²) in [5.41, 5.74) is 4.21. The van der Waals surface area contributed by atoms with Crippen LogP contribution in [0.1, 0.15) is 45.0 Å². The van der Waals surface area contributed by atoms with Crippen LogP contribution in [0.15, 0.2) is 29.8 Å². The lowest BCUT2D eigenvalue weighted by molar-refractivity contribution is -0.143. The summed E-state index contributed by atoms with van der Waals surface area (Å²) in [4.78, 5) is 32.8. The molecule has 1 aromatic carbocycles. The first-order chi connectivity index (χ1) is 15.5. The molecule has 2 amide bonds. The van der Waals surface area contributed by atoms with Crippen molar-refractivity contribution in [2.24, 2.45) is 5.41 Å². The second-order valence-corrected chi connectivity index (χ2v) is 10.5. The molecule has 1 aliphatic rings. The van der Waals surface area contributed by atoms with E-state index in [9.17, 15) is 19.1 Å². The van der Waals surface area contributed by atoms with Gasteiger partial charge in [0.05, 0.1) is 34.7 Å². The summed E-state index contributed by atoms with van der Waals surface area (Å²) in [6, 6.07) is 5.35. The Morgan fingerprint density at radius 2 is 1.91 bits per heavy atom. The van der Waals surface area contributed by atoms with E-state index in [1.165, 1.54) is 4.90 Å². The van der Waals surface area contributed by atoms with Crippen LogP contribution in [0.4, 0.5) is 4.39 Å². The number of carbonyl (C=O) groups is 2. The quantitative estimate of drug-likeness (QED) is 0.596. The molecule has 9 heteroatoms. The minimum absolute atomic E-state index is 0.219. The molecule has 0 spiro atoms. The number of nitrogens with zero attached hydrogens (tertiary/aromatic N) is 2. The van der Waals surface area contributed by atoms with Crippen molar-refractivity contribution in [1.82, 2.24) is 20.5 Å². The molecule has 3 rings (SSSR count). The summed E-state index contributed by atoms with van der Waals surface area (Å²) in [5, 5.41) is 15.9. The van der Waals surface area contributed by atoms with E-state index in [2.05, 4.69) is 15.6 Å². The third-order valence-electron chi connectivity index (χ3n) is 6.12. The van der Waals surface area contributed by atoms with Crippen LogP contribution in [-0.4, -0.2) is 64.8 Å². The minimum atomic E-state index is -1.85. The number of carbonyl (C=O) groups excluding carboxylic acids is 2. The van der Waals surface area contributed by atoms with Gasteiger partial charge in [-0.2, -0.15) is 0 Å². The van der Waals surface area contributed by atoms with Crippen LogP contribution in [0.2, 0.25) is 0 Å². The number of hydrogen-bond donors (Lipinski definition) is 3. The monoisotopic (exact) mass is 476 g/mol. The average molecular weight is 477 g/mol. The van der Waals surface area contributed by atoms with Crippen molar-refractivity contribution in [3.05, 3.63) is 41.0 Å². The molecule has 1 aliphatic heterocycles. The van der Waals surface area contributed by atoms with Gasteiger partial charge in [0.1, 0.15) is 12.1 Å². The van der Waals surface area contributed by atoms with E-state index in [1.807, 2.05) is 52.0 Å². The molecule has 1 unspecified atom stereocenters. The number of likely N-dealkylation sites (N-methyl/N-ethyl adjacent to an activating group) is 1. The molecule has 2 aromatic rings. The predicted molar refractivity (Wildman–Crippen MR) is 128 cm³/mol. The van der Waals surface area contributed by atoms with Crippen molar-refractivity contribution >= 4 is 23.2 Å². The number of halogens is 1. The van der Waals surface area contributed by atoms with Gasteiger partial charge < -0.3 is 20.6 Å². The van der Waals surface area contributed by atoms with Crippen LogP contribution in [0.5, 0.6) is 0 Å². The SMILES string of the molecule is CN[C@H](C(=O)N1C[C@H](O)[C@H](F)C1C(=O)N[C@@H](C)c1ccc(-c2scnc2C)cc1)C(C)(C)C. The maximum absolute atomic E-state index is 14.9. The zero-order chi connectivity index (χ0) is 24.5. The van der Waals surface area contributed by atoms with Crippen molar-refractivity contribution in [2.45, 2.75) is 65.0 Å². The van der Waals surface area contributed by atoms with Crippen LogP contribution in [0.25, 0.3) is 10.4 Å². The molecule has 1 fully saturated rings. The molecule has 180 valence electrons. The number of β-amino-alcohol motifs (C(OH)–C–C–N with tert-alkyl or cyclic N) is 1. The number of alkyl halides is 1. The number of benzene rings is 1. The van der Waals surface area contributed by atoms with Crippen LogP contribution in [0.3, 0.4) is 0 Å². The number of aliphatic hydroxyl groups is 1. The lowest BCUT2D eigenvalue weighted by Gasteiger charge is -2.35. The van der Waals surface area contributed by atoms with Crippen molar-refractivity contribution in [3.8, 4) is 10.4 Å². The summed E-state index contributed by atoms with van der Waals surface area (Å²) >= 11 is 1.56. The number of thiazole rings is 1. The number of amides is 2. The number of hydrogen-bond acceptors (Lipinski definition) is 6. The molecule has 3 N–H and O–H groups in total. The van der Waals surface area contributed by atoms with Crippen molar-refractivity contribution in [2.75, 3.05) is 13.6 Å². The highest BCUT2D eigenvalue weighted by Gasteiger charge is 2.50. The van der Waals surface area contributed by atoms with E-state index in [1.54, 1.807) is 30.8 Å². The van der Waals surface area contributed by atoms with Crippen molar-refractivity contribution in [1.29, 1.82) is 0 Å². The van der Waals surface area contributed by atoms with Gasteiger partial charge in [-0.15, -0.1) is 11.3 Å². The second kappa shape index (κ2) is 9.87. The fourth-order valence-electron chi connectivity index (χ4n) is 4.29. The van der Waals surface area contributed by atoms with Gasteiger partial charge >= 0.3 is 0 Å². The van der Waals surface area contributed by atoms with E-state index in [4.69, 9.17) is 0 Å². The molecule has 1 saturated heterocycles. The largest absolute Gasteiger partial charge is 0.388 e. The van der Waals surface area contributed by atoms with E-state index >= 15 is 0 Å². The summed E-state index contributed by atoms with van der Waals surface area (Å²) < 4.78 is 14.9. The third kappa shape index (κ3) is 5.26. The number of nitrogens with one attached hydrogen (secondary N) is 2. The molecule has 0 aliphatic carbocycles. The van der Waals surface area contributed by atoms with Crippen molar-refractivity contribution in [3.63, 3.8) is 0 Å². The predicted octanol–water partition coefficient (Wildman–Crippen LogP) is 2.84. The Kier molecular flexibility index (Phi) is 7.55. The Morgan fingerprint density at radius 1 is 1.27 bits per heavy atom. The Hall–Kier alpha value is -2.36. The third-order valence-corrected chi connectivity index (χ3v) is 7.10. The zero-order valence-corrected chi connectivity index (χ0v) is 20.7. The highest BCUT2D eigenvalue weighted by atomic mass is 32.1. The van der Waals surface area contributed by atoms with E-state index in [-0.39, 0.29) is 6.54 Å². The van der Waals surface area contributed by atoms with Crippen LogP contribution in [0, 0.1) is 12.3 Å². The normalized spacial score (nSPS) is 22.8. The van der Waals surface area contributed by atoms with Crippen LogP contribution in [-0.2, 0) is 9.59 Å². The Labute approximate surface area is 198 Å². The average Bonchev–Trinajstić information content (AvgIpc) is 3.30. The van der Waals surface area contributed by atoms with E-state index in [0.29, 0.717) is 0 Å². The highest BCUT2D eigenvalue weighted by Crippen LogP contribution is 2.30. The number of aryl methyl sites for hydroxylation is 1. The van der Waals surface area contributed by atoms with Gasteiger partial charge in [0.25, 0.3) is 0 Å². The topological polar surface area (TPSA) is 94.6 Å². The summed E-state index contributed by atoms with van der Waals surface area (Å²) in [6.07, 6.45) is -3.25. The number of aliphatic hydroxyl groups excluding tert-OH is 1. The first-order valence-corrected chi connectivity index (χ1v) is 11.9. The maximum Gasteiger partial charge on any atom is 0.246 e. The molecule has 0 saturated carbocycles. The maximum atomic E-state index is 14.9. The lowest BCUT2D eigenvalue weighted by atomic mass is 9.85. The number of aromatic nitrogens is 1. The van der Waals surface area contributed by atoms with E-state index < -0.39 is 47.6 Å². The molecule has 0 bridgehead atoms. The minimum Gasteiger partial charge on any atom is -0.388 e. The smallest absolute Gasteiger partial charge is 0.246 e. The standard InChI is InChI=1S/C24H33FN4O3S/c1-13(15-7-9-16(10-8-15)20-14(2)27-12-33-20)28-22(31)19-18(25)17(30)11-29(19)23(32)21(26-6)24(3,4)5/h7-10,12-13,17-19,21,26,30H,11H2,1-6H3,(H,28,31)/t13-,17-,18-,19?,21+/m0/s1. The van der Waals surface area contributed by atoms with Gasteiger partial charge in [0.2, 0.25) is 11.8 Å². The van der Waals surface area contributed by atoms with Gasteiger partial charge in [0, 0.05) is 0 Å². The number of rotatable bonds is 6. The fraction of sp³-hybridized carbons (Fsp3) is 0.542. The van der Waals surface area contributed by atoms with Gasteiger partial charge in [-0.05, 0) is 37.4 Å². The molecule has 0 radical (unpaired) electrons. The van der Waals surface area contributed by atoms with Crippen LogP contribution >= 0.6 is 11.3 Å². The fourth-order valence-corrected chi connectivity index (χ4v) is 5.10. The Balaban J connectivity index is 1.75. The second-order valence-electron chi connectivity index (χ2n) is 9.65. The van der Waals surface area contributed by atoms with Gasteiger partial charge in [-0.1, -0.05) is 45.0 Å². The molecule has 33 heavy (non-hydrogen) atoms. The van der Waals surface area contributed by atoms with Crippen LogP contribution < -0.4 is 10.6 Å². The molecular weight excluding hydrogens is 443 g/mol. The first-order valence-electron chi connectivity index (χ1n) is 11.1. The Morgan fingerprint density at radius 3 is 2.42 bits per heavy atom. The summed E-state index contributed by atoms with van der Waals surface area (Å²) in [5.74, 6) is -1.02. The van der Waals surface area contributed by atoms with Gasteiger partial charge in [0.15, 0.2) is 6.17 Å². The van der Waals surface area contributed by atoms with E-state index in [0.717, 1.165) is 21.7 Å². The summed E-state index contributed by atoms with van der Waals surface area (Å²) in [6.45, 7) is 9.21. The first kappa shape index (κ1) is 25.3.